The molecule has 3 fully saturated rings. The topological polar surface area (TPSA) is 178 Å². The number of carbonyl (C=O) groups excluding carboxylic acids is 4. The van der Waals surface area contributed by atoms with Crippen molar-refractivity contribution in [3.8, 4) is 0 Å². The second kappa shape index (κ2) is 23.5. The lowest BCUT2D eigenvalue weighted by molar-refractivity contribution is -0.161. The molecule has 12 nitrogen and oxygen atoms in total. The first kappa shape index (κ1) is 48.9. The fraction of sp³-hybridized carbons (Fsp3) is 0.868. The monoisotopic (exact) mass is 749 g/mol. The van der Waals surface area contributed by atoms with Crippen molar-refractivity contribution in [2.75, 3.05) is 19.8 Å². The van der Waals surface area contributed by atoms with Crippen LogP contribution in [0.1, 0.15) is 133 Å². The number of carboxylic acid groups (broad SMARTS) is 1. The van der Waals surface area contributed by atoms with Crippen molar-refractivity contribution in [3.05, 3.63) is 0 Å². The van der Waals surface area contributed by atoms with Gasteiger partial charge < -0.3 is 34.5 Å². The van der Waals surface area contributed by atoms with E-state index in [0.717, 1.165) is 25.7 Å². The minimum atomic E-state index is -0.930. The number of halogens is 1. The fourth-order valence-corrected chi connectivity index (χ4v) is 5.71. The van der Waals surface area contributed by atoms with Gasteiger partial charge in [-0.25, -0.2) is 4.79 Å². The summed E-state index contributed by atoms with van der Waals surface area (Å²) in [4.78, 5) is 57.4. The van der Waals surface area contributed by atoms with E-state index in [1.165, 1.54) is 0 Å². The number of hydrogen-bond acceptors (Lipinski definition) is 11. The summed E-state index contributed by atoms with van der Waals surface area (Å²) >= 11 is 0. The molecule has 298 valence electrons. The van der Waals surface area contributed by atoms with Gasteiger partial charge in [-0.2, -0.15) is 0 Å². The highest BCUT2D eigenvalue weighted by Crippen LogP contribution is 2.26. The molecule has 3 aliphatic rings. The molecule has 3 aliphatic heterocycles. The van der Waals surface area contributed by atoms with Gasteiger partial charge in [0.25, 0.3) is 0 Å². The molecule has 0 unspecified atom stereocenters. The minimum Gasteiger partial charge on any atom is -0.479 e. The zero-order valence-electron chi connectivity index (χ0n) is 32.8. The van der Waals surface area contributed by atoms with Crippen molar-refractivity contribution >= 4 is 41.9 Å². The Bertz CT molecular complexity index is 1060. The predicted molar refractivity (Wildman–Crippen MR) is 197 cm³/mol. The van der Waals surface area contributed by atoms with E-state index in [4.69, 9.17) is 34.5 Å². The number of ether oxygens (including phenoxy) is 5. The molecule has 0 aromatic rings. The Balaban J connectivity index is 0.000000744. The predicted octanol–water partition coefficient (Wildman–Crippen LogP) is 6.26. The summed E-state index contributed by atoms with van der Waals surface area (Å²) in [7, 11) is 0. The summed E-state index contributed by atoms with van der Waals surface area (Å²) < 4.78 is 26.7. The number of ketones is 2. The maximum Gasteiger partial charge on any atom is 0.332 e. The van der Waals surface area contributed by atoms with E-state index in [0.29, 0.717) is 70.2 Å². The molecular formula is C38H68ClNO11. The average Bonchev–Trinajstić information content (AvgIpc) is 2.96. The molecule has 0 aromatic heterocycles. The lowest BCUT2D eigenvalue weighted by Gasteiger charge is -2.29. The molecule has 0 radical (unpaired) electrons. The van der Waals surface area contributed by atoms with E-state index in [1.54, 1.807) is 0 Å². The number of hydrogen-bond donors (Lipinski definition) is 2. The number of esters is 2. The van der Waals surface area contributed by atoms with Crippen molar-refractivity contribution in [1.82, 2.24) is 0 Å². The summed E-state index contributed by atoms with van der Waals surface area (Å²) in [5.41, 5.74) is 4.74. The van der Waals surface area contributed by atoms with Gasteiger partial charge in [0.1, 0.15) is 23.4 Å². The number of nitrogens with two attached hydrogens (primary N) is 1. The van der Waals surface area contributed by atoms with Gasteiger partial charge in [0, 0.05) is 18.9 Å². The highest BCUT2D eigenvalue weighted by atomic mass is 35.5. The SMILES string of the molecule is CC(C)(C)OC(=O)C[C@@H]1CC[C@@H](C(=O)O)OC1.CC(C)CC(=O)[C@@H]1CC[C@@H](CC(=O)OC(C)(C)C)CO1.CC(C)CC(=O)[C@@H]1CC[C@@H](N)CO1.Cl. The van der Waals surface area contributed by atoms with Gasteiger partial charge in [0.2, 0.25) is 0 Å². The normalized spacial score (nSPS) is 25.2. The Morgan fingerprint density at radius 3 is 1.25 bits per heavy atom. The third kappa shape index (κ3) is 23.2. The van der Waals surface area contributed by atoms with Crippen LogP contribution in [0.5, 0.6) is 0 Å². The van der Waals surface area contributed by atoms with Crippen LogP contribution in [0.25, 0.3) is 0 Å². The molecule has 0 amide bonds. The molecule has 3 N–H and O–H groups in total. The first-order chi connectivity index (χ1) is 23.0. The van der Waals surface area contributed by atoms with Crippen LogP contribution < -0.4 is 5.73 Å². The van der Waals surface area contributed by atoms with E-state index in [2.05, 4.69) is 0 Å². The highest BCUT2D eigenvalue weighted by Gasteiger charge is 2.31. The first-order valence-electron chi connectivity index (χ1n) is 18.4. The number of aliphatic carboxylic acids is 1. The van der Waals surface area contributed by atoms with Gasteiger partial charge in [-0.3, -0.25) is 19.2 Å². The van der Waals surface area contributed by atoms with Crippen LogP contribution in [0.3, 0.4) is 0 Å². The number of rotatable bonds is 11. The largest absolute Gasteiger partial charge is 0.479 e. The van der Waals surface area contributed by atoms with Crippen LogP contribution in [0.2, 0.25) is 0 Å². The third-order valence-electron chi connectivity index (χ3n) is 8.01. The zero-order chi connectivity index (χ0) is 38.2. The molecule has 0 aromatic carbocycles. The molecule has 0 saturated carbocycles. The minimum absolute atomic E-state index is 0. The molecule has 3 rings (SSSR count). The van der Waals surface area contributed by atoms with E-state index >= 15 is 0 Å². The molecule has 51 heavy (non-hydrogen) atoms. The van der Waals surface area contributed by atoms with Crippen LogP contribution in [-0.4, -0.2) is 90.0 Å². The Labute approximate surface area is 312 Å². The van der Waals surface area contributed by atoms with Gasteiger partial charge >= 0.3 is 17.9 Å². The number of carbonyl (C=O) groups is 5. The smallest absolute Gasteiger partial charge is 0.332 e. The number of Topliss-reactive ketones (excluding diaryl/α,β-unsaturated/α-hetero) is 2. The zero-order valence-corrected chi connectivity index (χ0v) is 33.6. The van der Waals surface area contributed by atoms with E-state index < -0.39 is 23.3 Å². The van der Waals surface area contributed by atoms with Gasteiger partial charge in [0.15, 0.2) is 17.7 Å². The van der Waals surface area contributed by atoms with Gasteiger partial charge in [-0.05, 0) is 104 Å². The lowest BCUT2D eigenvalue weighted by atomic mass is 9.92. The molecule has 3 saturated heterocycles. The lowest BCUT2D eigenvalue weighted by Crippen LogP contribution is -2.39. The maximum absolute atomic E-state index is 11.9. The molecule has 6 atom stereocenters. The molecule has 13 heteroatoms. The van der Waals surface area contributed by atoms with Crippen molar-refractivity contribution in [1.29, 1.82) is 0 Å². The quantitative estimate of drug-likeness (QED) is 0.227. The molecule has 0 spiro atoms. The summed E-state index contributed by atoms with van der Waals surface area (Å²) in [6, 6.07) is 0.128. The Kier molecular flexibility index (Phi) is 22.5. The van der Waals surface area contributed by atoms with Crippen LogP contribution >= 0.6 is 12.4 Å². The average molecular weight is 750 g/mol. The Morgan fingerprint density at radius 2 is 0.980 bits per heavy atom. The Hall–Kier alpha value is -2.12. The summed E-state index contributed by atoms with van der Waals surface area (Å²) in [5, 5.41) is 8.74. The van der Waals surface area contributed by atoms with Crippen LogP contribution in [0.15, 0.2) is 0 Å². The van der Waals surface area contributed by atoms with Crippen molar-refractivity contribution in [2.45, 2.75) is 169 Å². The van der Waals surface area contributed by atoms with Crippen molar-refractivity contribution in [3.63, 3.8) is 0 Å². The number of carboxylic acids is 1. The van der Waals surface area contributed by atoms with E-state index in [1.807, 2.05) is 69.2 Å². The maximum atomic E-state index is 11.9. The van der Waals surface area contributed by atoms with E-state index in [9.17, 15) is 24.0 Å². The van der Waals surface area contributed by atoms with Crippen molar-refractivity contribution in [2.24, 2.45) is 29.4 Å². The van der Waals surface area contributed by atoms with Crippen LogP contribution in [0, 0.1) is 23.7 Å². The third-order valence-corrected chi connectivity index (χ3v) is 8.01. The highest BCUT2D eigenvalue weighted by molar-refractivity contribution is 5.85. The van der Waals surface area contributed by atoms with Crippen LogP contribution in [-0.2, 0) is 47.7 Å². The Morgan fingerprint density at radius 1 is 0.627 bits per heavy atom. The standard InChI is InChI=1S/C16H28O4.C12H20O5.C10H19NO2.ClH/c1-11(2)8-13(17)14-7-6-12(10-19-14)9-15(18)20-16(3,4)5;1-12(2,3)17-10(13)6-8-4-5-9(11(14)15)16-7-8;1-7(2)5-9(12)10-4-3-8(11)6-13-10;/h11-12,14H,6-10H2,1-5H3;8-9H,4-7H2,1-3H3,(H,14,15);7-8,10H,3-6,11H2,1-2H3;1H/t12-,14-;8-,9-;8-,10+;/m001./s1. The van der Waals surface area contributed by atoms with Gasteiger partial charge in [-0.1, -0.05) is 27.7 Å². The summed E-state index contributed by atoms with van der Waals surface area (Å²) in [6.45, 7) is 20.6. The first-order valence-corrected chi connectivity index (χ1v) is 18.4. The molecular weight excluding hydrogens is 682 g/mol. The van der Waals surface area contributed by atoms with Crippen molar-refractivity contribution < 1.29 is 52.8 Å². The second-order valence-electron chi connectivity index (χ2n) is 16.7. The fourth-order valence-electron chi connectivity index (χ4n) is 5.71. The van der Waals surface area contributed by atoms with Gasteiger partial charge in [0.05, 0.1) is 32.7 Å². The summed E-state index contributed by atoms with van der Waals surface area (Å²) in [6.07, 6.45) is 5.14. The molecule has 0 aliphatic carbocycles. The van der Waals surface area contributed by atoms with Crippen LogP contribution in [0.4, 0.5) is 0 Å². The summed E-state index contributed by atoms with van der Waals surface area (Å²) in [5.74, 6) is 0.0990. The second-order valence-corrected chi connectivity index (χ2v) is 16.7. The molecule has 0 bridgehead atoms. The van der Waals surface area contributed by atoms with E-state index in [-0.39, 0.29) is 66.0 Å². The van der Waals surface area contributed by atoms with Gasteiger partial charge in [-0.15, -0.1) is 12.4 Å². The molecule has 3 heterocycles.